The number of carbonyl (C=O) groups excluding carboxylic acids is 1. The van der Waals surface area contributed by atoms with Crippen molar-refractivity contribution < 1.29 is 4.79 Å². The van der Waals surface area contributed by atoms with E-state index in [1.807, 2.05) is 13.0 Å². The van der Waals surface area contributed by atoms with E-state index in [9.17, 15) is 4.79 Å². The van der Waals surface area contributed by atoms with Crippen LogP contribution in [0.3, 0.4) is 0 Å². The highest BCUT2D eigenvalue weighted by molar-refractivity contribution is 5.81. The molecular weight excluding hydrogens is 276 g/mol. The van der Waals surface area contributed by atoms with E-state index in [0.29, 0.717) is 0 Å². The Hall–Kier alpha value is -2.17. The zero-order chi connectivity index (χ0) is 15.7. The normalized spacial score (nSPS) is 18.5. The number of pyridine rings is 2. The topological polar surface area (TPSA) is 58.1 Å². The monoisotopic (exact) mass is 298 g/mol. The van der Waals surface area contributed by atoms with Gasteiger partial charge in [0, 0.05) is 31.2 Å². The van der Waals surface area contributed by atoms with Crippen LogP contribution in [-0.4, -0.2) is 36.0 Å². The Morgan fingerprint density at radius 1 is 1.32 bits per heavy atom. The highest BCUT2D eigenvalue weighted by atomic mass is 16.1. The molecule has 5 nitrogen and oxygen atoms in total. The number of hydrogen-bond donors (Lipinski definition) is 1. The van der Waals surface area contributed by atoms with Gasteiger partial charge in [-0.2, -0.15) is 0 Å². The molecule has 0 spiro atoms. The van der Waals surface area contributed by atoms with Crippen LogP contribution >= 0.6 is 0 Å². The maximum atomic E-state index is 11.9. The number of carbonyl (C=O) groups is 1. The largest absolute Gasteiger partial charge is 0.359 e. The van der Waals surface area contributed by atoms with Gasteiger partial charge in [0.1, 0.15) is 5.82 Å². The highest BCUT2D eigenvalue weighted by Crippen LogP contribution is 2.25. The predicted molar refractivity (Wildman–Crippen MR) is 88.0 cm³/mol. The van der Waals surface area contributed by atoms with E-state index in [0.717, 1.165) is 48.5 Å². The van der Waals surface area contributed by atoms with Gasteiger partial charge in [-0.1, -0.05) is 0 Å². The SMILES string of the molecule is CNC(=O)C1CCCN(c2ccc3c(C)cc(C)nc3n2)C1. The van der Waals surface area contributed by atoms with Crippen molar-refractivity contribution in [3.8, 4) is 0 Å². The summed E-state index contributed by atoms with van der Waals surface area (Å²) in [6.07, 6.45) is 1.96. The average Bonchev–Trinajstić information content (AvgIpc) is 2.53. The van der Waals surface area contributed by atoms with Crippen LogP contribution in [0.4, 0.5) is 5.82 Å². The Morgan fingerprint density at radius 2 is 2.14 bits per heavy atom. The number of rotatable bonds is 2. The molecule has 2 aromatic rings. The molecule has 1 amide bonds. The molecule has 0 aromatic carbocycles. The fraction of sp³-hybridized carbons (Fsp3) is 0.471. The Kier molecular flexibility index (Phi) is 3.96. The summed E-state index contributed by atoms with van der Waals surface area (Å²) in [5.41, 5.74) is 2.97. The Labute approximate surface area is 130 Å². The minimum absolute atomic E-state index is 0.0449. The van der Waals surface area contributed by atoms with Gasteiger partial charge in [-0.25, -0.2) is 9.97 Å². The van der Waals surface area contributed by atoms with E-state index in [4.69, 9.17) is 4.98 Å². The zero-order valence-corrected chi connectivity index (χ0v) is 13.4. The molecule has 1 fully saturated rings. The molecule has 116 valence electrons. The summed E-state index contributed by atoms with van der Waals surface area (Å²) in [5, 5.41) is 3.84. The first-order chi connectivity index (χ1) is 10.6. The number of fused-ring (bicyclic) bond motifs is 1. The van der Waals surface area contributed by atoms with Gasteiger partial charge in [-0.15, -0.1) is 0 Å². The van der Waals surface area contributed by atoms with E-state index in [2.05, 4.69) is 34.3 Å². The van der Waals surface area contributed by atoms with Crippen molar-refractivity contribution in [3.63, 3.8) is 0 Å². The van der Waals surface area contributed by atoms with Crippen LogP contribution in [0.2, 0.25) is 0 Å². The molecule has 0 saturated carbocycles. The maximum Gasteiger partial charge on any atom is 0.224 e. The van der Waals surface area contributed by atoms with E-state index < -0.39 is 0 Å². The maximum absolute atomic E-state index is 11.9. The van der Waals surface area contributed by atoms with Crippen molar-refractivity contribution in [2.24, 2.45) is 5.92 Å². The van der Waals surface area contributed by atoms with Crippen LogP contribution in [0.1, 0.15) is 24.1 Å². The van der Waals surface area contributed by atoms with E-state index in [-0.39, 0.29) is 11.8 Å². The molecule has 0 aliphatic carbocycles. The third kappa shape index (κ3) is 2.75. The molecule has 1 aliphatic rings. The summed E-state index contributed by atoms with van der Waals surface area (Å²) >= 11 is 0. The molecule has 1 unspecified atom stereocenters. The summed E-state index contributed by atoms with van der Waals surface area (Å²) in [6.45, 7) is 5.74. The zero-order valence-electron chi connectivity index (χ0n) is 13.4. The summed E-state index contributed by atoms with van der Waals surface area (Å²) in [4.78, 5) is 23.3. The number of anilines is 1. The van der Waals surface area contributed by atoms with Gasteiger partial charge < -0.3 is 10.2 Å². The number of amides is 1. The van der Waals surface area contributed by atoms with Gasteiger partial charge in [0.25, 0.3) is 0 Å². The lowest BCUT2D eigenvalue weighted by Crippen LogP contribution is -2.42. The molecule has 1 N–H and O–H groups in total. The van der Waals surface area contributed by atoms with Crippen molar-refractivity contribution in [2.45, 2.75) is 26.7 Å². The molecule has 1 atom stereocenters. The molecule has 22 heavy (non-hydrogen) atoms. The van der Waals surface area contributed by atoms with Gasteiger partial charge in [0.05, 0.1) is 5.92 Å². The van der Waals surface area contributed by atoms with Crippen LogP contribution in [0.15, 0.2) is 18.2 Å². The summed E-state index contributed by atoms with van der Waals surface area (Å²) in [7, 11) is 1.70. The molecule has 0 bridgehead atoms. The van der Waals surface area contributed by atoms with Crippen LogP contribution < -0.4 is 10.2 Å². The van der Waals surface area contributed by atoms with Gasteiger partial charge in [0.15, 0.2) is 5.65 Å². The third-order valence-corrected chi connectivity index (χ3v) is 4.36. The van der Waals surface area contributed by atoms with E-state index >= 15 is 0 Å². The summed E-state index contributed by atoms with van der Waals surface area (Å²) in [6, 6.07) is 6.20. The second kappa shape index (κ2) is 5.91. The molecule has 5 heteroatoms. The lowest BCUT2D eigenvalue weighted by Gasteiger charge is -2.32. The lowest BCUT2D eigenvalue weighted by molar-refractivity contribution is -0.124. The standard InChI is InChI=1S/C17H22N4O/c1-11-9-12(2)19-16-14(11)6-7-15(20-16)21-8-4-5-13(10-21)17(22)18-3/h6-7,9,13H,4-5,8,10H2,1-3H3,(H,18,22). The van der Waals surface area contributed by atoms with Crippen LogP contribution in [0.5, 0.6) is 0 Å². The van der Waals surface area contributed by atoms with Crippen molar-refractivity contribution >= 4 is 22.8 Å². The highest BCUT2D eigenvalue weighted by Gasteiger charge is 2.25. The predicted octanol–water partition coefficient (Wildman–Crippen LogP) is 2.21. The molecule has 3 heterocycles. The fourth-order valence-corrected chi connectivity index (χ4v) is 3.20. The number of aromatic nitrogens is 2. The second-order valence-corrected chi connectivity index (χ2v) is 6.02. The average molecular weight is 298 g/mol. The van der Waals surface area contributed by atoms with E-state index in [1.165, 1.54) is 5.56 Å². The lowest BCUT2D eigenvalue weighted by atomic mass is 9.97. The third-order valence-electron chi connectivity index (χ3n) is 4.36. The Morgan fingerprint density at radius 3 is 2.91 bits per heavy atom. The number of nitrogens with zero attached hydrogens (tertiary/aromatic N) is 3. The van der Waals surface area contributed by atoms with Gasteiger partial charge in [-0.3, -0.25) is 4.79 Å². The fourth-order valence-electron chi connectivity index (χ4n) is 3.20. The number of hydrogen-bond acceptors (Lipinski definition) is 4. The van der Waals surface area contributed by atoms with Crippen molar-refractivity contribution in [2.75, 3.05) is 25.0 Å². The molecule has 1 saturated heterocycles. The van der Waals surface area contributed by atoms with Gasteiger partial charge in [-0.05, 0) is 50.5 Å². The first-order valence-corrected chi connectivity index (χ1v) is 7.80. The smallest absolute Gasteiger partial charge is 0.224 e. The molecule has 2 aromatic heterocycles. The first-order valence-electron chi connectivity index (χ1n) is 7.80. The van der Waals surface area contributed by atoms with Crippen molar-refractivity contribution in [1.82, 2.24) is 15.3 Å². The summed E-state index contributed by atoms with van der Waals surface area (Å²) in [5.74, 6) is 1.08. The molecular formula is C17H22N4O. The summed E-state index contributed by atoms with van der Waals surface area (Å²) < 4.78 is 0. The van der Waals surface area contributed by atoms with Crippen LogP contribution in [-0.2, 0) is 4.79 Å². The van der Waals surface area contributed by atoms with Crippen molar-refractivity contribution in [1.29, 1.82) is 0 Å². The Bertz CT molecular complexity index is 713. The first kappa shape index (κ1) is 14.8. The molecule has 0 radical (unpaired) electrons. The quantitative estimate of drug-likeness (QED) is 0.923. The minimum atomic E-state index is 0.0449. The number of nitrogens with one attached hydrogen (secondary N) is 1. The van der Waals surface area contributed by atoms with E-state index in [1.54, 1.807) is 7.05 Å². The van der Waals surface area contributed by atoms with Crippen molar-refractivity contribution in [3.05, 3.63) is 29.5 Å². The molecule has 1 aliphatic heterocycles. The van der Waals surface area contributed by atoms with Gasteiger partial charge >= 0.3 is 0 Å². The van der Waals surface area contributed by atoms with Crippen LogP contribution in [0, 0.1) is 19.8 Å². The number of aryl methyl sites for hydroxylation is 2. The Balaban J connectivity index is 1.91. The van der Waals surface area contributed by atoms with Gasteiger partial charge in [0.2, 0.25) is 5.91 Å². The number of piperidine rings is 1. The second-order valence-electron chi connectivity index (χ2n) is 6.02. The minimum Gasteiger partial charge on any atom is -0.359 e. The van der Waals surface area contributed by atoms with Crippen LogP contribution in [0.25, 0.3) is 11.0 Å². The molecule has 3 rings (SSSR count).